The van der Waals surface area contributed by atoms with Crippen LogP contribution in [0.5, 0.6) is 0 Å². The van der Waals surface area contributed by atoms with E-state index >= 15 is 0 Å². The molecule has 0 amide bonds. The molecule has 0 atom stereocenters. The van der Waals surface area contributed by atoms with Crippen molar-refractivity contribution in [1.82, 2.24) is 5.48 Å². The van der Waals surface area contributed by atoms with Gasteiger partial charge in [-0.15, -0.1) is 0 Å². The number of hydrogen-bond donors (Lipinski definition) is 1. The zero-order chi connectivity index (χ0) is 6.41. The maximum absolute atomic E-state index is 10.0. The van der Waals surface area contributed by atoms with Crippen LogP contribution >= 0.6 is 0 Å². The van der Waals surface area contributed by atoms with E-state index in [1.807, 2.05) is 6.92 Å². The summed E-state index contributed by atoms with van der Waals surface area (Å²) in [6.45, 7) is 4.08. The molecular formula is C5H11NO2. The minimum atomic E-state index is -0.293. The van der Waals surface area contributed by atoms with Crippen LogP contribution in [0.4, 0.5) is 0 Å². The molecule has 0 heterocycles. The Morgan fingerprint density at radius 2 is 2.38 bits per heavy atom. The molecule has 0 saturated heterocycles. The minimum absolute atomic E-state index is 0.293. The topological polar surface area (TPSA) is 38.3 Å². The lowest BCUT2D eigenvalue weighted by molar-refractivity contribution is -0.148. The van der Waals surface area contributed by atoms with Crippen molar-refractivity contribution in [1.29, 1.82) is 0 Å². The fraction of sp³-hybridized carbons (Fsp3) is 0.800. The predicted octanol–water partition coefficient (Wildman–Crippen LogP) is 0.464. The maximum atomic E-state index is 10.0. The van der Waals surface area contributed by atoms with E-state index in [1.165, 1.54) is 6.92 Å². The molecule has 0 aliphatic rings. The standard InChI is InChI=1S/C5H11NO2/c1-3-4-6-8-5(2)7/h6H,3-4H2,1-2H3. The summed E-state index contributed by atoms with van der Waals surface area (Å²) in [7, 11) is 0. The smallest absolute Gasteiger partial charge is 0.321 e. The van der Waals surface area contributed by atoms with Gasteiger partial charge >= 0.3 is 5.97 Å². The Bertz CT molecular complexity index is 72.8. The first-order valence-electron chi connectivity index (χ1n) is 2.67. The fourth-order valence-electron chi connectivity index (χ4n) is 0.255. The molecule has 0 aromatic carbocycles. The third kappa shape index (κ3) is 5.43. The van der Waals surface area contributed by atoms with E-state index in [4.69, 9.17) is 0 Å². The van der Waals surface area contributed by atoms with E-state index in [-0.39, 0.29) is 5.97 Å². The van der Waals surface area contributed by atoms with Crippen molar-refractivity contribution in [3.8, 4) is 0 Å². The van der Waals surface area contributed by atoms with Crippen LogP contribution in [0.1, 0.15) is 20.3 Å². The van der Waals surface area contributed by atoms with E-state index in [9.17, 15) is 4.79 Å². The Hall–Kier alpha value is -0.570. The van der Waals surface area contributed by atoms with Gasteiger partial charge in [0.1, 0.15) is 0 Å². The second kappa shape index (κ2) is 4.59. The molecule has 3 nitrogen and oxygen atoms in total. The van der Waals surface area contributed by atoms with Crippen LogP contribution in [-0.2, 0) is 9.63 Å². The van der Waals surface area contributed by atoms with Crippen LogP contribution in [-0.4, -0.2) is 12.5 Å². The van der Waals surface area contributed by atoms with Crippen LogP contribution in [0.2, 0.25) is 0 Å². The van der Waals surface area contributed by atoms with Gasteiger partial charge in [0.05, 0.1) is 0 Å². The van der Waals surface area contributed by atoms with Crippen molar-refractivity contribution in [3.63, 3.8) is 0 Å². The second-order valence-electron chi connectivity index (χ2n) is 1.49. The molecule has 0 bridgehead atoms. The molecule has 48 valence electrons. The first-order valence-corrected chi connectivity index (χ1v) is 2.67. The number of carbonyl (C=O) groups excluding carboxylic acids is 1. The molecule has 0 fully saturated rings. The predicted molar refractivity (Wildman–Crippen MR) is 30.1 cm³/mol. The molecule has 0 rings (SSSR count). The van der Waals surface area contributed by atoms with Gasteiger partial charge in [0, 0.05) is 13.5 Å². The molecule has 0 aromatic rings. The zero-order valence-electron chi connectivity index (χ0n) is 5.23. The number of nitrogens with one attached hydrogen (secondary N) is 1. The molecule has 3 heteroatoms. The lowest BCUT2D eigenvalue weighted by Crippen LogP contribution is -2.18. The van der Waals surface area contributed by atoms with Gasteiger partial charge in [-0.1, -0.05) is 6.92 Å². The van der Waals surface area contributed by atoms with Crippen molar-refractivity contribution >= 4 is 5.97 Å². The summed E-state index contributed by atoms with van der Waals surface area (Å²) >= 11 is 0. The average Bonchev–Trinajstić information content (AvgIpc) is 1.66. The molecule has 0 aliphatic carbocycles. The Kier molecular flexibility index (Phi) is 4.26. The fourth-order valence-corrected chi connectivity index (χ4v) is 0.255. The zero-order valence-corrected chi connectivity index (χ0v) is 5.23. The van der Waals surface area contributed by atoms with Crippen LogP contribution in [0.25, 0.3) is 0 Å². The van der Waals surface area contributed by atoms with E-state index in [1.54, 1.807) is 0 Å². The van der Waals surface area contributed by atoms with Crippen LogP contribution < -0.4 is 5.48 Å². The van der Waals surface area contributed by atoms with Crippen LogP contribution in [0.3, 0.4) is 0 Å². The number of carbonyl (C=O) groups is 1. The van der Waals surface area contributed by atoms with Gasteiger partial charge < -0.3 is 4.84 Å². The third-order valence-corrected chi connectivity index (χ3v) is 0.568. The van der Waals surface area contributed by atoms with Crippen molar-refractivity contribution in [2.75, 3.05) is 6.54 Å². The highest BCUT2D eigenvalue weighted by Crippen LogP contribution is 1.71. The normalized spacial score (nSPS) is 8.75. The summed E-state index contributed by atoms with van der Waals surface area (Å²) in [6.07, 6.45) is 0.966. The number of hydroxylamine groups is 1. The highest BCUT2D eigenvalue weighted by Gasteiger charge is 1.86. The summed E-state index contributed by atoms with van der Waals surface area (Å²) < 4.78 is 0. The summed E-state index contributed by atoms with van der Waals surface area (Å²) in [5.74, 6) is -0.293. The van der Waals surface area contributed by atoms with Crippen molar-refractivity contribution < 1.29 is 9.63 Å². The summed E-state index contributed by atoms with van der Waals surface area (Å²) in [6, 6.07) is 0. The monoisotopic (exact) mass is 117 g/mol. The number of hydrogen-bond acceptors (Lipinski definition) is 3. The maximum Gasteiger partial charge on any atom is 0.321 e. The highest BCUT2D eigenvalue weighted by atomic mass is 16.7. The SMILES string of the molecule is CCCNOC(C)=O. The van der Waals surface area contributed by atoms with Crippen molar-refractivity contribution in [2.24, 2.45) is 0 Å². The van der Waals surface area contributed by atoms with E-state index in [0.717, 1.165) is 13.0 Å². The average molecular weight is 117 g/mol. The Morgan fingerprint density at radius 3 is 2.75 bits per heavy atom. The minimum Gasteiger partial charge on any atom is -0.371 e. The van der Waals surface area contributed by atoms with Gasteiger partial charge in [0.15, 0.2) is 0 Å². The molecule has 0 unspecified atom stereocenters. The first-order chi connectivity index (χ1) is 3.77. The van der Waals surface area contributed by atoms with Crippen molar-refractivity contribution in [3.05, 3.63) is 0 Å². The number of rotatable bonds is 3. The van der Waals surface area contributed by atoms with Gasteiger partial charge in [0.25, 0.3) is 0 Å². The molecular weight excluding hydrogens is 106 g/mol. The van der Waals surface area contributed by atoms with Gasteiger partial charge in [-0.25, -0.2) is 0 Å². The Labute approximate surface area is 49.0 Å². The van der Waals surface area contributed by atoms with Crippen LogP contribution in [0, 0.1) is 0 Å². The lowest BCUT2D eigenvalue weighted by atomic mass is 10.5. The van der Waals surface area contributed by atoms with Gasteiger partial charge in [-0.05, 0) is 6.42 Å². The van der Waals surface area contributed by atoms with E-state index in [2.05, 4.69) is 10.3 Å². The molecule has 0 aliphatic heterocycles. The lowest BCUT2D eigenvalue weighted by Gasteiger charge is -1.98. The molecule has 0 saturated carbocycles. The van der Waals surface area contributed by atoms with Gasteiger partial charge in [-0.3, -0.25) is 4.79 Å². The Morgan fingerprint density at radius 1 is 1.75 bits per heavy atom. The summed E-state index contributed by atoms with van der Waals surface area (Å²) in [4.78, 5) is 14.4. The Balaban J connectivity index is 2.82. The largest absolute Gasteiger partial charge is 0.371 e. The molecule has 0 spiro atoms. The second-order valence-corrected chi connectivity index (χ2v) is 1.49. The van der Waals surface area contributed by atoms with Gasteiger partial charge in [-0.2, -0.15) is 5.48 Å². The molecule has 1 N–H and O–H groups in total. The van der Waals surface area contributed by atoms with Crippen molar-refractivity contribution in [2.45, 2.75) is 20.3 Å². The molecule has 8 heavy (non-hydrogen) atoms. The molecule has 0 aromatic heterocycles. The summed E-state index contributed by atoms with van der Waals surface area (Å²) in [5, 5.41) is 0. The van der Waals surface area contributed by atoms with E-state index in [0.29, 0.717) is 0 Å². The first kappa shape index (κ1) is 7.43. The summed E-state index contributed by atoms with van der Waals surface area (Å²) in [5.41, 5.74) is 2.48. The third-order valence-electron chi connectivity index (χ3n) is 0.568. The quantitative estimate of drug-likeness (QED) is 0.431. The van der Waals surface area contributed by atoms with Crippen LogP contribution in [0.15, 0.2) is 0 Å². The molecule has 0 radical (unpaired) electrons. The highest BCUT2D eigenvalue weighted by molar-refractivity contribution is 5.65. The van der Waals surface area contributed by atoms with E-state index < -0.39 is 0 Å². The van der Waals surface area contributed by atoms with Gasteiger partial charge in [0.2, 0.25) is 0 Å².